The van der Waals surface area contributed by atoms with Gasteiger partial charge in [-0.05, 0) is 49.9 Å². The van der Waals surface area contributed by atoms with E-state index < -0.39 is 15.8 Å². The topological polar surface area (TPSA) is 244 Å². The van der Waals surface area contributed by atoms with Gasteiger partial charge in [0.2, 0.25) is 0 Å². The number of alkyl halides is 3. The zero-order valence-corrected chi connectivity index (χ0v) is 42.6. The number of carbonyl (C=O) groups excluding carboxylic acids is 3. The number of nitro groups is 2. The molecule has 2 aliphatic heterocycles. The Morgan fingerprint density at radius 1 is 0.655 bits per heavy atom. The third-order valence-electron chi connectivity index (χ3n) is 7.49. The molecule has 23 heteroatoms. The Bertz CT molecular complexity index is 1580. The first-order valence-corrected chi connectivity index (χ1v) is 21.7. The van der Waals surface area contributed by atoms with E-state index in [9.17, 15) is 34.6 Å². The number of anilines is 1. The third kappa shape index (κ3) is 26.0. The van der Waals surface area contributed by atoms with E-state index in [4.69, 9.17) is 5.73 Å². The molecule has 6 rings (SSSR count). The Kier molecular flexibility index (Phi) is 40.6. The molecule has 2 amide bonds. The summed E-state index contributed by atoms with van der Waals surface area (Å²) in [4.78, 5) is 75.7. The summed E-state index contributed by atoms with van der Waals surface area (Å²) in [5.41, 5.74) is 6.46. The Balaban J connectivity index is -0.000000325. The van der Waals surface area contributed by atoms with Crippen molar-refractivity contribution in [2.24, 2.45) is 5.90 Å². The monoisotopic (exact) mass is 1330 g/mol. The van der Waals surface area contributed by atoms with Crippen LogP contribution in [0.15, 0.2) is 55.0 Å². The third-order valence-corrected chi connectivity index (χ3v) is 7.49. The van der Waals surface area contributed by atoms with E-state index in [0.29, 0.717) is 11.4 Å². The molecule has 1 saturated carbocycles. The van der Waals surface area contributed by atoms with E-state index in [2.05, 4.69) is 98.4 Å². The zero-order chi connectivity index (χ0) is 40.5. The maximum Gasteiger partial charge on any atom is 0.375 e. The van der Waals surface area contributed by atoms with Crippen molar-refractivity contribution in [3.8, 4) is 0 Å². The van der Waals surface area contributed by atoms with Gasteiger partial charge in [0.1, 0.15) is 23.7 Å². The van der Waals surface area contributed by atoms with Crippen LogP contribution in [0.4, 0.5) is 17.1 Å². The number of hydrogen-bond donors (Lipinski definition) is 2. The van der Waals surface area contributed by atoms with Crippen molar-refractivity contribution < 1.29 is 66.2 Å². The van der Waals surface area contributed by atoms with Crippen molar-refractivity contribution >= 4 is 125 Å². The molecular formula is C35H49I4N9O8V2-2. The molecule has 0 aromatic carbocycles. The summed E-state index contributed by atoms with van der Waals surface area (Å²) in [6.45, 7) is 3.20. The van der Waals surface area contributed by atoms with E-state index >= 15 is 0 Å². The number of nitrogens with zero attached hydrogens (tertiary/aromatic N) is 7. The Morgan fingerprint density at radius 3 is 1.22 bits per heavy atom. The maximum absolute atomic E-state index is 11.8. The summed E-state index contributed by atoms with van der Waals surface area (Å²) in [5.74, 6) is 3.61. The first kappa shape index (κ1) is 63.2. The minimum Gasteiger partial charge on any atom is -0.397 e. The molecule has 4 N–H and O–H groups in total. The first-order valence-electron chi connectivity index (χ1n) is 16.4. The first-order chi connectivity index (χ1) is 25.8. The van der Waals surface area contributed by atoms with Crippen molar-refractivity contribution in [1.29, 1.82) is 0 Å². The molecule has 5 heterocycles. The Labute approximate surface area is 419 Å². The molecule has 3 aromatic heterocycles. The van der Waals surface area contributed by atoms with Crippen molar-refractivity contribution in [1.82, 2.24) is 24.8 Å². The number of rotatable bonds is 5. The van der Waals surface area contributed by atoms with Gasteiger partial charge >= 0.3 is 5.97 Å². The number of nitrogen functional groups attached to an aromatic ring is 1. The molecule has 3 aromatic rings. The maximum atomic E-state index is 11.8. The van der Waals surface area contributed by atoms with Crippen LogP contribution < -0.4 is 11.6 Å². The SMILES string of the molecule is C.C1CCCC1.IC(I)I.NOC(=O)c1ccc([N+](=O)[O-])cn1.Nc1ccc(C(=O)N2CCCC2)nc1.O=C(c1ccc([N+](=O)[O-])cn1)N1CCCC1.[CH2-]I.[CH3-].[V].[V]. The van der Waals surface area contributed by atoms with Crippen LogP contribution in [0.2, 0.25) is 0 Å². The molecule has 3 fully saturated rings. The van der Waals surface area contributed by atoms with Gasteiger partial charge in [0.25, 0.3) is 23.2 Å². The second-order valence-electron chi connectivity index (χ2n) is 11.2. The quantitative estimate of drug-likeness (QED) is 0.0798. The van der Waals surface area contributed by atoms with Gasteiger partial charge in [0, 0.05) is 75.4 Å². The van der Waals surface area contributed by atoms with E-state index in [1.807, 2.05) is 27.5 Å². The Morgan fingerprint density at radius 2 is 0.966 bits per heavy atom. The molecule has 0 atom stereocenters. The average molecular weight is 1330 g/mol. The molecule has 0 bridgehead atoms. The van der Waals surface area contributed by atoms with Crippen LogP contribution in [0.5, 0.6) is 0 Å². The summed E-state index contributed by atoms with van der Waals surface area (Å²) in [7, 11) is 0. The molecule has 2 saturated heterocycles. The number of amides is 2. The van der Waals surface area contributed by atoms with Crippen LogP contribution in [0.3, 0.4) is 0 Å². The van der Waals surface area contributed by atoms with Crippen molar-refractivity contribution in [2.45, 2.75) is 65.2 Å². The van der Waals surface area contributed by atoms with Gasteiger partial charge in [-0.1, -0.05) is 107 Å². The van der Waals surface area contributed by atoms with Crippen molar-refractivity contribution in [2.75, 3.05) is 31.9 Å². The van der Waals surface area contributed by atoms with Gasteiger partial charge in [0.05, 0.1) is 21.7 Å². The second-order valence-corrected chi connectivity index (χ2v) is 22.1. The summed E-state index contributed by atoms with van der Waals surface area (Å²) in [6, 6.07) is 8.38. The summed E-state index contributed by atoms with van der Waals surface area (Å²) in [6.07, 6.45) is 15.3. The number of likely N-dealkylation sites (tertiary alicyclic amines) is 2. The zero-order valence-electron chi connectivity index (χ0n) is 31.1. The van der Waals surface area contributed by atoms with Gasteiger partial charge in [-0.15, -0.1) is 0 Å². The average Bonchev–Trinajstić information content (AvgIpc) is 4.02. The molecule has 1 aliphatic carbocycles. The van der Waals surface area contributed by atoms with E-state index in [1.165, 1.54) is 50.4 Å². The smallest absolute Gasteiger partial charge is 0.375 e. The van der Waals surface area contributed by atoms with Gasteiger partial charge in [-0.2, -0.15) is 5.90 Å². The van der Waals surface area contributed by atoms with Gasteiger partial charge in [-0.25, -0.2) is 19.7 Å². The number of nitrogens with two attached hydrogens (primary N) is 2. The van der Waals surface area contributed by atoms with Crippen LogP contribution in [-0.2, 0) is 41.9 Å². The largest absolute Gasteiger partial charge is 0.397 e. The van der Waals surface area contributed by atoms with Crippen molar-refractivity contribution in [3.63, 3.8) is 0 Å². The molecule has 2 radical (unpaired) electrons. The normalized spacial score (nSPS) is 12.9. The number of carbonyl (C=O) groups is 3. The van der Waals surface area contributed by atoms with Crippen LogP contribution in [0, 0.1) is 32.6 Å². The fourth-order valence-corrected chi connectivity index (χ4v) is 4.88. The number of halogens is 4. The van der Waals surface area contributed by atoms with Crippen LogP contribution in [0.25, 0.3) is 0 Å². The minimum absolute atomic E-state index is 0. The van der Waals surface area contributed by atoms with Gasteiger partial charge in [0.15, 0.2) is 5.69 Å². The fraction of sp³-hybridized carbons (Fsp3) is 0.429. The standard InChI is InChI=1S/C10H11N3O3.C10H13N3O.C6H5N3O4.C5H10.CHI3.CH2I.CH4.CH3.2V/c14-10(12-5-1-2-6-12)9-4-3-8(7-11-9)13(15)16;11-8-3-4-9(12-7-8)10(14)13-5-1-2-6-13;7-13-6(10)5-2-1-4(3-8-5)9(11)12;1-2-4-5-3-1;2-1(3)4;1-2;;;;/h3-4,7H,1-2,5-6H2;3-4,7H,1-2,5-6,11H2;1-3H,7H2;1-5H2;1H;1H2;1H4;1H3;;/q;;;;;-1;;-1;;. The molecule has 322 valence electrons. The molecule has 17 nitrogen and oxygen atoms in total. The minimum atomic E-state index is -0.838. The number of pyridine rings is 3. The summed E-state index contributed by atoms with van der Waals surface area (Å²) in [5, 5.41) is 20.6. The molecule has 3 aliphatic rings. The Hall–Kier alpha value is -1.49. The predicted octanol–water partition coefficient (Wildman–Crippen LogP) is 8.97. The number of aromatic nitrogens is 3. The summed E-state index contributed by atoms with van der Waals surface area (Å²) >= 11 is 8.85. The predicted molar refractivity (Wildman–Crippen MR) is 252 cm³/mol. The second kappa shape index (κ2) is 37.3. The molecular weight excluding hydrogens is 1280 g/mol. The van der Waals surface area contributed by atoms with Gasteiger partial charge < -0.3 is 50.4 Å². The van der Waals surface area contributed by atoms with Crippen LogP contribution in [-0.4, -0.2) is 78.5 Å². The van der Waals surface area contributed by atoms with Crippen LogP contribution in [0.1, 0.15) is 96.7 Å². The van der Waals surface area contributed by atoms with Crippen molar-refractivity contribution in [3.05, 3.63) is 105 Å². The fourth-order valence-electron chi connectivity index (χ4n) is 4.88. The van der Waals surface area contributed by atoms with E-state index in [0.717, 1.165) is 76.3 Å². The summed E-state index contributed by atoms with van der Waals surface area (Å²) < 4.78 is 0.743. The van der Waals surface area contributed by atoms with E-state index in [-0.39, 0.29) is 86.5 Å². The molecule has 0 spiro atoms. The van der Waals surface area contributed by atoms with E-state index in [1.54, 1.807) is 17.0 Å². The molecule has 58 heavy (non-hydrogen) atoms. The van der Waals surface area contributed by atoms with Gasteiger partial charge in [-0.3, -0.25) is 34.7 Å². The number of hydrogen-bond acceptors (Lipinski definition) is 13. The van der Waals surface area contributed by atoms with Crippen LogP contribution >= 0.6 is 90.4 Å². The molecule has 0 unspecified atom stereocenters.